The molecule has 5 rings (SSSR count). The number of hydrogen-bond acceptors (Lipinski definition) is 6. The van der Waals surface area contributed by atoms with Crippen molar-refractivity contribution in [2.75, 3.05) is 9.80 Å². The van der Waals surface area contributed by atoms with Crippen molar-refractivity contribution >= 4 is 46.9 Å². The van der Waals surface area contributed by atoms with Crippen molar-refractivity contribution in [1.82, 2.24) is 0 Å². The van der Waals surface area contributed by atoms with E-state index >= 15 is 0 Å². The quantitative estimate of drug-likeness (QED) is 0.569. The van der Waals surface area contributed by atoms with Crippen molar-refractivity contribution in [2.24, 2.45) is 0 Å². The first-order valence-corrected chi connectivity index (χ1v) is 9.82. The molecule has 0 saturated heterocycles. The number of aromatic carboxylic acids is 2. The zero-order valence-corrected chi connectivity index (χ0v) is 17.0. The highest BCUT2D eigenvalue weighted by molar-refractivity contribution is 6.37. The van der Waals surface area contributed by atoms with Crippen LogP contribution in [-0.4, -0.2) is 45.8 Å². The Labute approximate surface area is 190 Å². The summed E-state index contributed by atoms with van der Waals surface area (Å²) in [6.07, 6.45) is 0. The van der Waals surface area contributed by atoms with Gasteiger partial charge in [-0.2, -0.15) is 0 Å². The summed E-state index contributed by atoms with van der Waals surface area (Å²) in [5, 5.41) is 18.7. The first-order chi connectivity index (χ1) is 16.2. The molecular weight excluding hydrogens is 444 g/mol. The van der Waals surface area contributed by atoms with Crippen LogP contribution in [0.5, 0.6) is 0 Å². The van der Waals surface area contributed by atoms with Crippen molar-refractivity contribution in [2.45, 2.75) is 0 Å². The average molecular weight is 456 g/mol. The van der Waals surface area contributed by atoms with Crippen molar-refractivity contribution in [1.29, 1.82) is 0 Å². The maximum absolute atomic E-state index is 12.9. The van der Waals surface area contributed by atoms with Gasteiger partial charge in [0.1, 0.15) is 0 Å². The lowest BCUT2D eigenvalue weighted by atomic mass is 10.0. The Balaban J connectivity index is 1.50. The Kier molecular flexibility index (Phi) is 4.40. The van der Waals surface area contributed by atoms with E-state index in [0.717, 1.165) is 9.80 Å². The zero-order valence-electron chi connectivity index (χ0n) is 17.0. The summed E-state index contributed by atoms with van der Waals surface area (Å²) < 4.78 is 0. The Morgan fingerprint density at radius 2 is 0.882 bits per heavy atom. The molecule has 2 N–H and O–H groups in total. The molecule has 0 unspecified atom stereocenters. The molecule has 0 aromatic heterocycles. The lowest BCUT2D eigenvalue weighted by Gasteiger charge is -2.17. The van der Waals surface area contributed by atoms with Crippen LogP contribution in [0.3, 0.4) is 0 Å². The number of amides is 4. The minimum Gasteiger partial charge on any atom is -0.478 e. The highest BCUT2D eigenvalue weighted by Gasteiger charge is 2.41. The molecule has 4 amide bonds. The number of carboxylic acids is 2. The maximum atomic E-state index is 12.9. The smallest absolute Gasteiger partial charge is 0.336 e. The van der Waals surface area contributed by atoms with Gasteiger partial charge in [0, 0.05) is 0 Å². The van der Waals surface area contributed by atoms with Gasteiger partial charge in [0.15, 0.2) is 0 Å². The number of benzene rings is 3. The number of rotatable bonds is 4. The summed E-state index contributed by atoms with van der Waals surface area (Å²) in [6, 6.07) is 13.2. The average Bonchev–Trinajstić information content (AvgIpc) is 3.23. The molecule has 10 nitrogen and oxygen atoms in total. The normalized spacial score (nSPS) is 14.5. The van der Waals surface area contributed by atoms with Gasteiger partial charge in [-0.15, -0.1) is 0 Å². The minimum absolute atomic E-state index is 0.0458. The molecule has 3 aromatic rings. The minimum atomic E-state index is -1.35. The molecule has 3 aromatic carbocycles. The number of fused-ring (bicyclic) bond motifs is 2. The van der Waals surface area contributed by atoms with E-state index in [9.17, 15) is 39.0 Å². The summed E-state index contributed by atoms with van der Waals surface area (Å²) in [7, 11) is 0. The van der Waals surface area contributed by atoms with E-state index in [1.54, 1.807) is 0 Å². The standard InChI is InChI=1S/C24H12N2O8/c27-19-13-3-1-5-15(23(31)32)17(13)21(29)25(19)11-7-9-12(10-8-11)26-20(28)14-4-2-6-16(24(33)34)18(14)22(26)30/h1-10H,(H,31,32)(H,33,34). The van der Waals surface area contributed by atoms with Gasteiger partial charge in [0.2, 0.25) is 0 Å². The van der Waals surface area contributed by atoms with Gasteiger partial charge in [-0.3, -0.25) is 19.2 Å². The Morgan fingerprint density at radius 3 is 1.21 bits per heavy atom. The first-order valence-electron chi connectivity index (χ1n) is 9.82. The van der Waals surface area contributed by atoms with Gasteiger partial charge < -0.3 is 10.2 Å². The number of nitrogens with zero attached hydrogens (tertiary/aromatic N) is 2. The predicted molar refractivity (Wildman–Crippen MR) is 116 cm³/mol. The maximum Gasteiger partial charge on any atom is 0.336 e. The van der Waals surface area contributed by atoms with Gasteiger partial charge >= 0.3 is 11.9 Å². The van der Waals surface area contributed by atoms with Crippen molar-refractivity contribution < 1.29 is 39.0 Å². The van der Waals surface area contributed by atoms with Crippen LogP contribution in [0.2, 0.25) is 0 Å². The van der Waals surface area contributed by atoms with E-state index in [0.29, 0.717) is 0 Å². The van der Waals surface area contributed by atoms with Gasteiger partial charge in [-0.1, -0.05) is 12.1 Å². The second kappa shape index (κ2) is 7.20. The van der Waals surface area contributed by atoms with E-state index < -0.39 is 35.6 Å². The van der Waals surface area contributed by atoms with E-state index in [1.165, 1.54) is 60.7 Å². The Bertz CT molecular complexity index is 1380. The Morgan fingerprint density at radius 1 is 0.529 bits per heavy atom. The highest BCUT2D eigenvalue weighted by atomic mass is 16.4. The van der Waals surface area contributed by atoms with Crippen LogP contribution >= 0.6 is 0 Å². The van der Waals surface area contributed by atoms with Crippen LogP contribution in [0, 0.1) is 0 Å². The van der Waals surface area contributed by atoms with Crippen LogP contribution in [-0.2, 0) is 0 Å². The third-order valence-corrected chi connectivity index (χ3v) is 5.66. The fraction of sp³-hybridized carbons (Fsp3) is 0. The van der Waals surface area contributed by atoms with E-state index in [4.69, 9.17) is 0 Å². The van der Waals surface area contributed by atoms with E-state index in [2.05, 4.69) is 0 Å². The Hall–Kier alpha value is -5.12. The summed E-state index contributed by atoms with van der Waals surface area (Å²) in [5.74, 6) is -5.72. The van der Waals surface area contributed by atoms with Gasteiger partial charge in [-0.25, -0.2) is 19.4 Å². The molecule has 34 heavy (non-hydrogen) atoms. The molecule has 2 heterocycles. The monoisotopic (exact) mass is 456 g/mol. The molecule has 166 valence electrons. The lowest BCUT2D eigenvalue weighted by Crippen LogP contribution is -2.31. The molecule has 0 radical (unpaired) electrons. The number of imide groups is 2. The molecular formula is C24H12N2O8. The van der Waals surface area contributed by atoms with Crippen LogP contribution in [0.15, 0.2) is 60.7 Å². The molecule has 0 spiro atoms. The topological polar surface area (TPSA) is 149 Å². The van der Waals surface area contributed by atoms with Crippen LogP contribution in [0.1, 0.15) is 62.1 Å². The number of hydrogen-bond donors (Lipinski definition) is 2. The molecule has 0 atom stereocenters. The fourth-order valence-electron chi connectivity index (χ4n) is 4.15. The third-order valence-electron chi connectivity index (χ3n) is 5.66. The van der Waals surface area contributed by atoms with E-state index in [-0.39, 0.29) is 44.8 Å². The molecule has 2 aliphatic heterocycles. The third kappa shape index (κ3) is 2.75. The lowest BCUT2D eigenvalue weighted by molar-refractivity contribution is 0.0683. The van der Waals surface area contributed by atoms with E-state index in [1.807, 2.05) is 0 Å². The van der Waals surface area contributed by atoms with Gasteiger partial charge in [0.05, 0.1) is 44.8 Å². The largest absolute Gasteiger partial charge is 0.478 e. The molecule has 0 fully saturated rings. The summed E-state index contributed by atoms with van der Waals surface area (Å²) in [6.45, 7) is 0. The van der Waals surface area contributed by atoms with Crippen molar-refractivity contribution in [3.8, 4) is 0 Å². The van der Waals surface area contributed by atoms with Crippen molar-refractivity contribution in [3.63, 3.8) is 0 Å². The SMILES string of the molecule is O=C(O)c1cccc2c1C(=O)N(c1ccc(N3C(=O)c4cccc(C(=O)O)c4C3=O)cc1)C2=O. The second-order valence-corrected chi connectivity index (χ2v) is 7.47. The van der Waals surface area contributed by atoms with Crippen LogP contribution < -0.4 is 9.80 Å². The first kappa shape index (κ1) is 20.8. The fourth-order valence-corrected chi connectivity index (χ4v) is 4.15. The number of carboxylic acid groups (broad SMARTS) is 2. The molecule has 0 aliphatic carbocycles. The molecule has 10 heteroatoms. The summed E-state index contributed by atoms with van der Waals surface area (Å²) in [4.78, 5) is 76.0. The predicted octanol–water partition coefficient (Wildman–Crippen LogP) is 2.68. The summed E-state index contributed by atoms with van der Waals surface area (Å²) in [5.41, 5.74) is -0.906. The van der Waals surface area contributed by atoms with Gasteiger partial charge in [0.25, 0.3) is 23.6 Å². The highest BCUT2D eigenvalue weighted by Crippen LogP contribution is 2.34. The second-order valence-electron chi connectivity index (χ2n) is 7.47. The van der Waals surface area contributed by atoms with Gasteiger partial charge in [-0.05, 0) is 48.5 Å². The van der Waals surface area contributed by atoms with Crippen LogP contribution in [0.25, 0.3) is 0 Å². The number of carbonyl (C=O) groups excluding carboxylic acids is 4. The van der Waals surface area contributed by atoms with Crippen LogP contribution in [0.4, 0.5) is 11.4 Å². The number of carbonyl (C=O) groups is 6. The number of anilines is 2. The van der Waals surface area contributed by atoms with Crippen molar-refractivity contribution in [3.05, 3.63) is 94.0 Å². The molecule has 0 saturated carbocycles. The molecule has 2 aliphatic rings. The molecule has 0 bridgehead atoms. The summed E-state index contributed by atoms with van der Waals surface area (Å²) >= 11 is 0. The zero-order chi connectivity index (χ0) is 24.3.